The van der Waals surface area contributed by atoms with Gasteiger partial charge in [0.05, 0.1) is 5.02 Å². The third-order valence-electron chi connectivity index (χ3n) is 3.22. The van der Waals surface area contributed by atoms with Crippen molar-refractivity contribution in [1.82, 2.24) is 4.31 Å². The number of benzene rings is 1. The lowest BCUT2D eigenvalue weighted by Crippen LogP contribution is -2.47. The van der Waals surface area contributed by atoms with Gasteiger partial charge in [-0.2, -0.15) is 4.31 Å². The van der Waals surface area contributed by atoms with Crippen molar-refractivity contribution < 1.29 is 18.3 Å². The van der Waals surface area contributed by atoms with Crippen LogP contribution in [0.15, 0.2) is 27.6 Å². The van der Waals surface area contributed by atoms with Gasteiger partial charge >= 0.3 is 5.97 Å². The summed E-state index contributed by atoms with van der Waals surface area (Å²) in [6, 6.07) is 3.63. The largest absolute Gasteiger partial charge is 0.480 e. The highest BCUT2D eigenvalue weighted by molar-refractivity contribution is 9.10. The lowest BCUT2D eigenvalue weighted by atomic mass is 10.1. The minimum atomic E-state index is -3.94. The van der Waals surface area contributed by atoms with Crippen molar-refractivity contribution in [2.24, 2.45) is 0 Å². The molecule has 1 N–H and O–H groups in total. The molecule has 20 heavy (non-hydrogen) atoms. The van der Waals surface area contributed by atoms with Crippen molar-refractivity contribution in [1.29, 1.82) is 0 Å². The van der Waals surface area contributed by atoms with E-state index in [-0.39, 0.29) is 16.5 Å². The van der Waals surface area contributed by atoms with Crippen LogP contribution in [0.3, 0.4) is 0 Å². The molecule has 1 aliphatic heterocycles. The zero-order chi connectivity index (χ0) is 14.9. The fourth-order valence-electron chi connectivity index (χ4n) is 2.29. The number of piperidine rings is 1. The number of sulfonamides is 1. The van der Waals surface area contributed by atoms with Crippen LogP contribution in [0.4, 0.5) is 0 Å². The van der Waals surface area contributed by atoms with E-state index in [0.29, 0.717) is 23.7 Å². The highest BCUT2D eigenvalue weighted by Crippen LogP contribution is 2.34. The van der Waals surface area contributed by atoms with E-state index in [1.165, 1.54) is 6.07 Å². The summed E-state index contributed by atoms with van der Waals surface area (Å²) in [5.74, 6) is -1.13. The van der Waals surface area contributed by atoms with Crippen molar-refractivity contribution in [3.05, 3.63) is 27.7 Å². The summed E-state index contributed by atoms with van der Waals surface area (Å²) in [5.41, 5.74) is 0. The Balaban J connectivity index is 2.51. The number of carbonyl (C=O) groups is 1. The Kier molecular flexibility index (Phi) is 4.73. The first-order valence-electron chi connectivity index (χ1n) is 6.04. The Morgan fingerprint density at radius 1 is 1.40 bits per heavy atom. The van der Waals surface area contributed by atoms with E-state index < -0.39 is 22.0 Å². The average Bonchev–Trinajstić information content (AvgIpc) is 2.38. The van der Waals surface area contributed by atoms with Crippen LogP contribution in [-0.4, -0.2) is 36.4 Å². The third kappa shape index (κ3) is 2.86. The van der Waals surface area contributed by atoms with Crippen LogP contribution in [0.5, 0.6) is 0 Å². The molecule has 0 bridgehead atoms. The summed E-state index contributed by atoms with van der Waals surface area (Å²) < 4.78 is 26.7. The van der Waals surface area contributed by atoms with Crippen LogP contribution in [0.2, 0.25) is 5.02 Å². The molecule has 0 aromatic heterocycles. The zero-order valence-corrected chi connectivity index (χ0v) is 13.6. The summed E-state index contributed by atoms with van der Waals surface area (Å²) in [7, 11) is -3.94. The molecule has 1 unspecified atom stereocenters. The van der Waals surface area contributed by atoms with Crippen molar-refractivity contribution in [3.63, 3.8) is 0 Å². The molecule has 1 aromatic carbocycles. The normalized spacial score (nSPS) is 20.8. The second-order valence-electron chi connectivity index (χ2n) is 4.52. The third-order valence-corrected chi connectivity index (χ3v) is 6.58. The van der Waals surface area contributed by atoms with E-state index in [9.17, 15) is 18.3 Å². The van der Waals surface area contributed by atoms with E-state index in [4.69, 9.17) is 11.6 Å². The number of hydrogen-bond acceptors (Lipinski definition) is 3. The van der Waals surface area contributed by atoms with Crippen LogP contribution >= 0.6 is 27.5 Å². The molecule has 1 aliphatic rings. The van der Waals surface area contributed by atoms with E-state index in [1.54, 1.807) is 12.1 Å². The lowest BCUT2D eigenvalue weighted by Gasteiger charge is -2.32. The number of carboxylic acids is 1. The Morgan fingerprint density at radius 2 is 2.10 bits per heavy atom. The molecule has 1 fully saturated rings. The van der Waals surface area contributed by atoms with Gasteiger partial charge < -0.3 is 5.11 Å². The smallest absolute Gasteiger partial charge is 0.322 e. The van der Waals surface area contributed by atoms with Gasteiger partial charge in [0.2, 0.25) is 10.0 Å². The van der Waals surface area contributed by atoms with Crippen molar-refractivity contribution in [2.45, 2.75) is 30.2 Å². The molecule has 0 amide bonds. The highest BCUT2D eigenvalue weighted by atomic mass is 79.9. The molecular weight excluding hydrogens is 370 g/mol. The van der Waals surface area contributed by atoms with Crippen LogP contribution in [-0.2, 0) is 14.8 Å². The molecule has 1 atom stereocenters. The Bertz CT molecular complexity index is 614. The summed E-state index contributed by atoms with van der Waals surface area (Å²) in [4.78, 5) is 11.2. The van der Waals surface area contributed by atoms with Crippen LogP contribution in [0.25, 0.3) is 0 Å². The predicted molar refractivity (Wildman–Crippen MR) is 78.3 cm³/mol. The molecule has 0 radical (unpaired) electrons. The molecule has 0 spiro atoms. The standard InChI is InChI=1S/C12H13BrClNO4S/c13-8-4-3-5-9(14)11(8)20(18,19)15-7-2-1-6-10(15)12(16)17/h3-5,10H,1-2,6-7H2,(H,16,17). The van der Waals surface area contributed by atoms with Gasteiger partial charge in [0.1, 0.15) is 10.9 Å². The molecule has 2 rings (SSSR count). The van der Waals surface area contributed by atoms with Gasteiger partial charge in [-0.15, -0.1) is 0 Å². The van der Waals surface area contributed by atoms with Crippen molar-refractivity contribution >= 4 is 43.5 Å². The molecule has 8 heteroatoms. The molecular formula is C12H13BrClNO4S. The molecule has 5 nitrogen and oxygen atoms in total. The van der Waals surface area contributed by atoms with E-state index in [0.717, 1.165) is 4.31 Å². The molecule has 0 aliphatic carbocycles. The van der Waals surface area contributed by atoms with Crippen LogP contribution < -0.4 is 0 Å². The summed E-state index contributed by atoms with van der Waals surface area (Å²) in [5, 5.41) is 9.28. The summed E-state index contributed by atoms with van der Waals surface area (Å²) in [6.07, 6.45) is 1.66. The Morgan fingerprint density at radius 3 is 2.70 bits per heavy atom. The molecule has 1 heterocycles. The highest BCUT2D eigenvalue weighted by Gasteiger charge is 2.39. The first-order chi connectivity index (χ1) is 9.35. The van der Waals surface area contributed by atoms with Crippen molar-refractivity contribution in [3.8, 4) is 0 Å². The van der Waals surface area contributed by atoms with E-state index >= 15 is 0 Å². The van der Waals surface area contributed by atoms with Crippen LogP contribution in [0.1, 0.15) is 19.3 Å². The molecule has 1 saturated heterocycles. The Labute approximate surface area is 130 Å². The van der Waals surface area contributed by atoms with Gasteiger partial charge in [-0.1, -0.05) is 17.7 Å². The number of halogens is 2. The maximum Gasteiger partial charge on any atom is 0.322 e. The number of rotatable bonds is 3. The first kappa shape index (κ1) is 15.8. The fraction of sp³-hybridized carbons (Fsp3) is 0.417. The maximum absolute atomic E-state index is 12.7. The van der Waals surface area contributed by atoms with Gasteiger partial charge in [-0.05, 0) is 47.3 Å². The number of aliphatic carboxylic acids is 1. The minimum absolute atomic E-state index is 0.0742. The SMILES string of the molecule is O=C(O)C1CCCCN1S(=O)(=O)c1c(Cl)cccc1Br. The first-order valence-corrected chi connectivity index (χ1v) is 8.65. The van der Waals surface area contributed by atoms with Gasteiger partial charge in [0.25, 0.3) is 0 Å². The average molecular weight is 383 g/mol. The molecule has 0 saturated carbocycles. The monoisotopic (exact) mass is 381 g/mol. The fourth-order valence-corrected chi connectivity index (χ4v) is 5.61. The van der Waals surface area contributed by atoms with E-state index in [2.05, 4.69) is 15.9 Å². The molecule has 1 aromatic rings. The maximum atomic E-state index is 12.7. The minimum Gasteiger partial charge on any atom is -0.480 e. The summed E-state index contributed by atoms with van der Waals surface area (Å²) in [6.45, 7) is 0.191. The number of nitrogens with zero attached hydrogens (tertiary/aromatic N) is 1. The van der Waals surface area contributed by atoms with Crippen LogP contribution in [0, 0.1) is 0 Å². The number of hydrogen-bond donors (Lipinski definition) is 1. The number of carboxylic acid groups (broad SMARTS) is 1. The van der Waals surface area contributed by atoms with E-state index in [1.807, 2.05) is 0 Å². The summed E-state index contributed by atoms with van der Waals surface area (Å²) >= 11 is 9.15. The lowest BCUT2D eigenvalue weighted by molar-refractivity contribution is -0.142. The zero-order valence-electron chi connectivity index (χ0n) is 10.4. The Hall–Kier alpha value is -0.630. The van der Waals surface area contributed by atoms with Gasteiger partial charge in [-0.25, -0.2) is 8.42 Å². The second kappa shape index (κ2) is 6.01. The van der Waals surface area contributed by atoms with Gasteiger partial charge in [0, 0.05) is 11.0 Å². The topological polar surface area (TPSA) is 74.7 Å². The molecule has 110 valence electrons. The van der Waals surface area contributed by atoms with Gasteiger partial charge in [0.15, 0.2) is 0 Å². The predicted octanol–water partition coefficient (Wildman–Crippen LogP) is 2.73. The quantitative estimate of drug-likeness (QED) is 0.872. The van der Waals surface area contributed by atoms with Crippen molar-refractivity contribution in [2.75, 3.05) is 6.54 Å². The van der Waals surface area contributed by atoms with Gasteiger partial charge in [-0.3, -0.25) is 4.79 Å². The second-order valence-corrected chi connectivity index (χ2v) is 7.61.